The lowest BCUT2D eigenvalue weighted by Crippen LogP contribution is -2.25. The average Bonchev–Trinajstić information content (AvgIpc) is 3.47. The number of amides is 1. The summed E-state index contributed by atoms with van der Waals surface area (Å²) < 4.78 is 9.22. The van der Waals surface area contributed by atoms with Crippen molar-refractivity contribution in [2.75, 3.05) is 12.9 Å². The maximum Gasteiger partial charge on any atom is 0.230 e. The predicted octanol–water partition coefficient (Wildman–Crippen LogP) is 3.86. The number of ether oxygens (including phenoxy) is 1. The largest absolute Gasteiger partial charge is 0.497 e. The Kier molecular flexibility index (Phi) is 6.74. The molecular formula is C22H27N5O2S. The van der Waals surface area contributed by atoms with Gasteiger partial charge >= 0.3 is 0 Å². The molecule has 2 aromatic heterocycles. The first-order valence-corrected chi connectivity index (χ1v) is 11.3. The minimum Gasteiger partial charge on any atom is -0.497 e. The van der Waals surface area contributed by atoms with Crippen LogP contribution in [-0.4, -0.2) is 38.3 Å². The molecule has 1 aromatic carbocycles. The Morgan fingerprint density at radius 1 is 1.13 bits per heavy atom. The van der Waals surface area contributed by atoms with Gasteiger partial charge in [-0.05, 0) is 42.7 Å². The van der Waals surface area contributed by atoms with E-state index in [0.29, 0.717) is 18.2 Å². The molecule has 0 unspecified atom stereocenters. The van der Waals surface area contributed by atoms with Gasteiger partial charge in [-0.2, -0.15) is 0 Å². The van der Waals surface area contributed by atoms with Gasteiger partial charge in [-0.3, -0.25) is 9.47 Å². The quantitative estimate of drug-likeness (QED) is 0.555. The first-order valence-electron chi connectivity index (χ1n) is 10.4. The number of rotatable bonds is 8. The highest BCUT2D eigenvalue weighted by molar-refractivity contribution is 7.99. The van der Waals surface area contributed by atoms with Crippen molar-refractivity contribution in [3.8, 4) is 5.75 Å². The number of thioether (sulfide) groups is 1. The van der Waals surface area contributed by atoms with Gasteiger partial charge in [0.1, 0.15) is 5.75 Å². The number of carbonyl (C=O) groups excluding carboxylic acids is 1. The number of benzene rings is 1. The molecule has 30 heavy (non-hydrogen) atoms. The van der Waals surface area contributed by atoms with E-state index in [0.717, 1.165) is 35.1 Å². The van der Waals surface area contributed by atoms with E-state index in [-0.39, 0.29) is 5.91 Å². The Morgan fingerprint density at radius 3 is 2.57 bits per heavy atom. The molecule has 4 rings (SSSR count). The lowest BCUT2D eigenvalue weighted by atomic mass is 9.89. The van der Waals surface area contributed by atoms with Crippen LogP contribution in [-0.2, 0) is 11.3 Å². The fourth-order valence-corrected chi connectivity index (χ4v) is 4.55. The Hall–Kier alpha value is -2.74. The highest BCUT2D eigenvalue weighted by Gasteiger charge is 2.24. The summed E-state index contributed by atoms with van der Waals surface area (Å²) in [5.41, 5.74) is 1.03. The highest BCUT2D eigenvalue weighted by Crippen LogP contribution is 2.33. The van der Waals surface area contributed by atoms with Crippen LogP contribution in [0, 0.1) is 0 Å². The minimum atomic E-state index is -0.0305. The van der Waals surface area contributed by atoms with Gasteiger partial charge in [-0.1, -0.05) is 43.2 Å². The minimum absolute atomic E-state index is 0.0305. The normalized spacial score (nSPS) is 14.6. The number of nitrogens with zero attached hydrogens (tertiary/aromatic N) is 4. The van der Waals surface area contributed by atoms with Crippen LogP contribution in [0.2, 0.25) is 0 Å². The fraction of sp³-hybridized carbons (Fsp3) is 0.409. The number of hydrogen-bond donors (Lipinski definition) is 1. The summed E-state index contributed by atoms with van der Waals surface area (Å²) in [6.45, 7) is 0.487. The lowest BCUT2D eigenvalue weighted by Gasteiger charge is -2.22. The van der Waals surface area contributed by atoms with Crippen molar-refractivity contribution in [2.24, 2.45) is 0 Å². The van der Waals surface area contributed by atoms with Crippen molar-refractivity contribution in [2.45, 2.75) is 49.7 Å². The summed E-state index contributed by atoms with van der Waals surface area (Å²) >= 11 is 1.42. The van der Waals surface area contributed by atoms with Gasteiger partial charge in [0.05, 0.1) is 12.9 Å². The third kappa shape index (κ3) is 4.87. The van der Waals surface area contributed by atoms with Gasteiger partial charge in [0, 0.05) is 24.9 Å². The van der Waals surface area contributed by atoms with Crippen LogP contribution < -0.4 is 10.1 Å². The van der Waals surface area contributed by atoms with Crippen LogP contribution in [0.3, 0.4) is 0 Å². The highest BCUT2D eigenvalue weighted by atomic mass is 32.2. The van der Waals surface area contributed by atoms with Gasteiger partial charge in [-0.15, -0.1) is 10.2 Å². The lowest BCUT2D eigenvalue weighted by molar-refractivity contribution is -0.118. The van der Waals surface area contributed by atoms with Crippen LogP contribution in [0.15, 0.2) is 53.9 Å². The van der Waals surface area contributed by atoms with Crippen molar-refractivity contribution in [3.05, 3.63) is 60.2 Å². The molecular weight excluding hydrogens is 398 g/mol. The molecule has 1 aliphatic carbocycles. The zero-order chi connectivity index (χ0) is 20.8. The smallest absolute Gasteiger partial charge is 0.230 e. The molecule has 0 spiro atoms. The second kappa shape index (κ2) is 9.84. The average molecular weight is 426 g/mol. The van der Waals surface area contributed by atoms with Gasteiger partial charge in [0.2, 0.25) is 11.1 Å². The van der Waals surface area contributed by atoms with E-state index in [1.807, 2.05) is 53.5 Å². The molecule has 1 N–H and O–H groups in total. The van der Waals surface area contributed by atoms with Crippen LogP contribution in [0.25, 0.3) is 0 Å². The molecule has 0 atom stereocenters. The summed E-state index contributed by atoms with van der Waals surface area (Å²) in [6, 6.07) is 11.7. The molecule has 1 saturated carbocycles. The Bertz CT molecular complexity index is 947. The number of methoxy groups -OCH3 is 1. The maximum absolute atomic E-state index is 12.4. The number of hydrogen-bond acceptors (Lipinski definition) is 5. The van der Waals surface area contributed by atoms with E-state index in [1.54, 1.807) is 7.11 Å². The van der Waals surface area contributed by atoms with Crippen molar-refractivity contribution in [1.82, 2.24) is 24.9 Å². The van der Waals surface area contributed by atoms with E-state index in [9.17, 15) is 4.79 Å². The van der Waals surface area contributed by atoms with E-state index in [1.165, 1.54) is 31.0 Å². The summed E-state index contributed by atoms with van der Waals surface area (Å²) in [5, 5.41) is 12.6. The Morgan fingerprint density at radius 2 is 1.87 bits per heavy atom. The molecule has 0 radical (unpaired) electrons. The van der Waals surface area contributed by atoms with Gasteiger partial charge < -0.3 is 10.1 Å². The van der Waals surface area contributed by atoms with Crippen molar-refractivity contribution >= 4 is 17.7 Å². The maximum atomic E-state index is 12.4. The molecule has 1 amide bonds. The van der Waals surface area contributed by atoms with E-state index >= 15 is 0 Å². The Balaban J connectivity index is 1.40. The summed E-state index contributed by atoms with van der Waals surface area (Å²) in [7, 11) is 1.64. The first-order chi connectivity index (χ1) is 14.7. The topological polar surface area (TPSA) is 74.0 Å². The van der Waals surface area contributed by atoms with E-state index in [4.69, 9.17) is 4.74 Å². The number of aromatic nitrogens is 4. The van der Waals surface area contributed by atoms with Crippen molar-refractivity contribution in [1.29, 1.82) is 0 Å². The second-order valence-electron chi connectivity index (χ2n) is 7.46. The molecule has 1 fully saturated rings. The van der Waals surface area contributed by atoms with Crippen LogP contribution in [0.5, 0.6) is 5.75 Å². The number of nitrogens with one attached hydrogen (secondary N) is 1. The molecule has 3 aromatic rings. The molecule has 0 saturated heterocycles. The first kappa shape index (κ1) is 20.5. The molecule has 8 heteroatoms. The molecule has 2 heterocycles. The third-order valence-corrected chi connectivity index (χ3v) is 6.33. The molecule has 1 aliphatic rings. The monoisotopic (exact) mass is 425 g/mol. The standard InChI is InChI=1S/C22H27N5O2S/c1-29-19-11-9-17(10-12-19)15-23-20(28)16-30-22-25-24-21(18-7-3-2-4-8-18)27(22)26-13-5-6-14-26/h5-6,9-14,18H,2-4,7-8,15-16H2,1H3,(H,23,28). The van der Waals surface area contributed by atoms with E-state index < -0.39 is 0 Å². The molecule has 7 nitrogen and oxygen atoms in total. The number of carbonyl (C=O) groups is 1. The van der Waals surface area contributed by atoms with Crippen LogP contribution >= 0.6 is 11.8 Å². The zero-order valence-electron chi connectivity index (χ0n) is 17.2. The predicted molar refractivity (Wildman–Crippen MR) is 117 cm³/mol. The van der Waals surface area contributed by atoms with Gasteiger partial charge in [0.25, 0.3) is 0 Å². The summed E-state index contributed by atoms with van der Waals surface area (Å²) in [6.07, 6.45) is 10.0. The summed E-state index contributed by atoms with van der Waals surface area (Å²) in [5.74, 6) is 2.48. The van der Waals surface area contributed by atoms with Crippen molar-refractivity contribution in [3.63, 3.8) is 0 Å². The molecule has 158 valence electrons. The molecule has 0 aliphatic heterocycles. The van der Waals surface area contributed by atoms with Gasteiger partial charge in [-0.25, -0.2) is 4.68 Å². The zero-order valence-corrected chi connectivity index (χ0v) is 18.0. The summed E-state index contributed by atoms with van der Waals surface area (Å²) in [4.78, 5) is 12.4. The van der Waals surface area contributed by atoms with Gasteiger partial charge in [0.15, 0.2) is 5.82 Å². The SMILES string of the molecule is COc1ccc(CNC(=O)CSc2nnc(C3CCCCC3)n2-n2cccc2)cc1. The molecule has 0 bridgehead atoms. The fourth-order valence-electron chi connectivity index (χ4n) is 3.78. The van der Waals surface area contributed by atoms with Crippen LogP contribution in [0.4, 0.5) is 0 Å². The van der Waals surface area contributed by atoms with Crippen molar-refractivity contribution < 1.29 is 9.53 Å². The van der Waals surface area contributed by atoms with Crippen LogP contribution in [0.1, 0.15) is 49.4 Å². The van der Waals surface area contributed by atoms with E-state index in [2.05, 4.69) is 20.2 Å². The Labute approximate surface area is 180 Å². The second-order valence-corrected chi connectivity index (χ2v) is 8.41. The third-order valence-electron chi connectivity index (χ3n) is 5.41.